The quantitative estimate of drug-likeness (QED) is 0.477. The Morgan fingerprint density at radius 1 is 0.897 bits per heavy atom. The molecule has 0 unspecified atom stereocenters. The summed E-state index contributed by atoms with van der Waals surface area (Å²) in [6, 6.07) is 10.6. The van der Waals surface area contributed by atoms with E-state index in [4.69, 9.17) is 0 Å². The van der Waals surface area contributed by atoms with Crippen LogP contribution in [0.1, 0.15) is 69.4 Å². The van der Waals surface area contributed by atoms with E-state index in [-0.39, 0.29) is 28.8 Å². The number of rotatable bonds is 5. The molecular weight excluding hydrogens is 364 g/mol. The van der Waals surface area contributed by atoms with Gasteiger partial charge in [0.1, 0.15) is 5.75 Å². The third-order valence-electron chi connectivity index (χ3n) is 4.84. The summed E-state index contributed by atoms with van der Waals surface area (Å²) in [6.45, 7) is 12.3. The number of amides is 1. The number of Topliss-reactive ketones (excluding diaryl/α,β-unsaturated/α-hetero) is 1. The van der Waals surface area contributed by atoms with E-state index in [0.29, 0.717) is 16.9 Å². The largest absolute Gasteiger partial charge is 0.508 e. The highest BCUT2D eigenvalue weighted by molar-refractivity contribution is 6.13. The molecule has 0 radical (unpaired) electrons. The van der Waals surface area contributed by atoms with E-state index in [2.05, 4.69) is 31.4 Å². The zero-order valence-electron chi connectivity index (χ0n) is 18.4. The van der Waals surface area contributed by atoms with Crippen LogP contribution in [0.5, 0.6) is 5.75 Å². The van der Waals surface area contributed by atoms with Crippen molar-refractivity contribution in [3.63, 3.8) is 0 Å². The van der Waals surface area contributed by atoms with Crippen molar-refractivity contribution in [3.05, 3.63) is 53.1 Å². The van der Waals surface area contributed by atoms with Crippen LogP contribution >= 0.6 is 0 Å². The Bertz CT molecular complexity index is 919. The molecule has 2 aromatic rings. The summed E-state index contributed by atoms with van der Waals surface area (Å²) in [6.07, 6.45) is -0.274. The Labute approximate surface area is 173 Å². The van der Waals surface area contributed by atoms with Gasteiger partial charge in [-0.25, -0.2) is 0 Å². The third kappa shape index (κ3) is 5.37. The molecule has 1 amide bonds. The Hall–Kier alpha value is -2.82. The number of hydrogen-bond acceptors (Lipinski definition) is 4. The highest BCUT2D eigenvalue weighted by atomic mass is 16.3. The van der Waals surface area contributed by atoms with E-state index in [1.165, 1.54) is 0 Å². The van der Waals surface area contributed by atoms with Crippen molar-refractivity contribution in [1.29, 1.82) is 0 Å². The minimum atomic E-state index is -0.408. The van der Waals surface area contributed by atoms with E-state index < -0.39 is 5.91 Å². The summed E-state index contributed by atoms with van der Waals surface area (Å²) in [5, 5.41) is 16.3. The SMILES string of the molecule is CNc1ccccc1C(=O)CC(=O)Nc1cc(O)c(C(C)(C)C)cc1C(C)(C)C. The highest BCUT2D eigenvalue weighted by Crippen LogP contribution is 2.39. The topological polar surface area (TPSA) is 78.4 Å². The van der Waals surface area contributed by atoms with Gasteiger partial charge in [0.2, 0.25) is 5.91 Å². The van der Waals surface area contributed by atoms with Crippen molar-refractivity contribution in [1.82, 2.24) is 0 Å². The van der Waals surface area contributed by atoms with Crippen LogP contribution in [0.4, 0.5) is 11.4 Å². The molecule has 0 aliphatic heterocycles. The molecule has 156 valence electrons. The molecule has 0 spiro atoms. The maximum atomic E-state index is 12.6. The highest BCUT2D eigenvalue weighted by Gasteiger charge is 2.26. The first-order valence-electron chi connectivity index (χ1n) is 9.82. The summed E-state index contributed by atoms with van der Waals surface area (Å²) in [4.78, 5) is 25.2. The first kappa shape index (κ1) is 22.5. The molecule has 0 saturated carbocycles. The van der Waals surface area contributed by atoms with Gasteiger partial charge in [-0.15, -0.1) is 0 Å². The van der Waals surface area contributed by atoms with Crippen LogP contribution < -0.4 is 10.6 Å². The Kier molecular flexibility index (Phi) is 6.41. The lowest BCUT2D eigenvalue weighted by atomic mass is 9.79. The fraction of sp³-hybridized carbons (Fsp3) is 0.417. The molecule has 0 aliphatic carbocycles. The van der Waals surface area contributed by atoms with Gasteiger partial charge < -0.3 is 15.7 Å². The molecule has 0 fully saturated rings. The molecule has 5 heteroatoms. The van der Waals surface area contributed by atoms with Crippen LogP contribution in [0.25, 0.3) is 0 Å². The number of phenolic OH excluding ortho intramolecular Hbond substituents is 1. The number of aromatic hydroxyl groups is 1. The fourth-order valence-electron chi connectivity index (χ4n) is 3.29. The predicted molar refractivity (Wildman–Crippen MR) is 119 cm³/mol. The first-order valence-corrected chi connectivity index (χ1v) is 9.82. The van der Waals surface area contributed by atoms with Crippen molar-refractivity contribution in [2.24, 2.45) is 0 Å². The van der Waals surface area contributed by atoms with Crippen LogP contribution in [0.15, 0.2) is 36.4 Å². The molecule has 5 nitrogen and oxygen atoms in total. The number of anilines is 2. The number of ketones is 1. The predicted octanol–water partition coefficient (Wildman–Crippen LogP) is 5.24. The summed E-state index contributed by atoms with van der Waals surface area (Å²) in [5.74, 6) is -0.540. The average molecular weight is 397 g/mol. The van der Waals surface area contributed by atoms with Gasteiger partial charge in [0, 0.05) is 30.1 Å². The monoisotopic (exact) mass is 396 g/mol. The second kappa shape index (κ2) is 8.27. The number of hydrogen-bond donors (Lipinski definition) is 3. The molecule has 0 bridgehead atoms. The Morgan fingerprint density at radius 2 is 1.48 bits per heavy atom. The molecule has 0 aliphatic rings. The third-order valence-corrected chi connectivity index (χ3v) is 4.84. The van der Waals surface area contributed by atoms with Crippen molar-refractivity contribution >= 4 is 23.1 Å². The smallest absolute Gasteiger partial charge is 0.232 e. The van der Waals surface area contributed by atoms with Gasteiger partial charge in [-0.3, -0.25) is 9.59 Å². The number of benzene rings is 2. The molecule has 3 N–H and O–H groups in total. The van der Waals surface area contributed by atoms with Gasteiger partial charge in [-0.05, 0) is 40.2 Å². The van der Waals surface area contributed by atoms with Crippen molar-refractivity contribution in [2.75, 3.05) is 17.7 Å². The van der Waals surface area contributed by atoms with Crippen molar-refractivity contribution in [2.45, 2.75) is 58.8 Å². The van der Waals surface area contributed by atoms with Crippen LogP contribution in [0.3, 0.4) is 0 Å². The van der Waals surface area contributed by atoms with Crippen LogP contribution in [-0.4, -0.2) is 23.8 Å². The molecule has 2 aromatic carbocycles. The standard InChI is InChI=1S/C24H32N2O3/c1-23(2,3)16-12-17(24(4,5)6)21(28)13-19(16)26-22(29)14-20(27)15-10-8-9-11-18(15)25-7/h8-13,25,28H,14H2,1-7H3,(H,26,29). The number of para-hydroxylation sites is 1. The summed E-state index contributed by atoms with van der Waals surface area (Å²) >= 11 is 0. The maximum absolute atomic E-state index is 12.6. The number of nitrogens with one attached hydrogen (secondary N) is 2. The molecule has 0 heterocycles. The number of carbonyl (C=O) groups is 2. The van der Waals surface area contributed by atoms with E-state index in [1.807, 2.05) is 32.9 Å². The molecule has 2 rings (SSSR count). The summed E-state index contributed by atoms with van der Waals surface area (Å²) < 4.78 is 0. The van der Waals surface area contributed by atoms with Crippen LogP contribution in [0.2, 0.25) is 0 Å². The Balaban J connectivity index is 2.32. The fourth-order valence-corrected chi connectivity index (χ4v) is 3.29. The van der Waals surface area contributed by atoms with Crippen LogP contribution in [-0.2, 0) is 15.6 Å². The minimum absolute atomic E-state index is 0.132. The minimum Gasteiger partial charge on any atom is -0.508 e. The molecule has 0 aromatic heterocycles. The zero-order chi connectivity index (χ0) is 22.0. The molecular formula is C24H32N2O3. The molecule has 0 saturated heterocycles. The van der Waals surface area contributed by atoms with E-state index in [0.717, 1.165) is 11.1 Å². The summed E-state index contributed by atoms with van der Waals surface area (Å²) in [7, 11) is 1.74. The molecule has 29 heavy (non-hydrogen) atoms. The maximum Gasteiger partial charge on any atom is 0.232 e. The lowest BCUT2D eigenvalue weighted by molar-refractivity contribution is -0.115. The van der Waals surface area contributed by atoms with E-state index >= 15 is 0 Å². The van der Waals surface area contributed by atoms with Crippen LogP contribution in [0, 0.1) is 0 Å². The summed E-state index contributed by atoms with van der Waals surface area (Å²) in [5.41, 5.74) is 2.94. The molecule has 0 atom stereocenters. The lowest BCUT2D eigenvalue weighted by Gasteiger charge is -2.28. The van der Waals surface area contributed by atoms with Gasteiger partial charge >= 0.3 is 0 Å². The first-order chi connectivity index (χ1) is 13.3. The zero-order valence-corrected chi connectivity index (χ0v) is 18.4. The van der Waals surface area contributed by atoms with Gasteiger partial charge in [0.15, 0.2) is 5.78 Å². The van der Waals surface area contributed by atoms with Gasteiger partial charge in [-0.2, -0.15) is 0 Å². The van der Waals surface area contributed by atoms with E-state index in [1.54, 1.807) is 31.3 Å². The second-order valence-corrected chi connectivity index (χ2v) is 9.36. The van der Waals surface area contributed by atoms with Crippen molar-refractivity contribution < 1.29 is 14.7 Å². The number of carbonyl (C=O) groups excluding carboxylic acids is 2. The number of phenols is 1. The Morgan fingerprint density at radius 3 is 2.03 bits per heavy atom. The van der Waals surface area contributed by atoms with Gasteiger partial charge in [0.05, 0.1) is 6.42 Å². The van der Waals surface area contributed by atoms with Gasteiger partial charge in [0.25, 0.3) is 0 Å². The second-order valence-electron chi connectivity index (χ2n) is 9.36. The van der Waals surface area contributed by atoms with Gasteiger partial charge in [-0.1, -0.05) is 53.7 Å². The lowest BCUT2D eigenvalue weighted by Crippen LogP contribution is -2.22. The average Bonchev–Trinajstić information content (AvgIpc) is 2.59. The normalized spacial score (nSPS) is 11.8. The van der Waals surface area contributed by atoms with Crippen molar-refractivity contribution in [3.8, 4) is 5.75 Å². The van der Waals surface area contributed by atoms with E-state index in [9.17, 15) is 14.7 Å².